The summed E-state index contributed by atoms with van der Waals surface area (Å²) in [4.78, 5) is 11.7. The fourth-order valence-electron chi connectivity index (χ4n) is 2.81. The van der Waals surface area contributed by atoms with E-state index in [1.807, 2.05) is 19.1 Å². The zero-order valence-electron chi connectivity index (χ0n) is 14.9. The Bertz CT molecular complexity index is 682. The molecule has 2 rings (SSSR count). The molecule has 2 aromatic carbocycles. The van der Waals surface area contributed by atoms with E-state index in [1.165, 1.54) is 12.1 Å². The molecule has 2 atom stereocenters. The molecular weight excluding hydrogens is 384 g/mol. The number of carbonyl (C=O) groups excluding carboxylic acids is 1. The second-order valence-electron chi connectivity index (χ2n) is 5.72. The Morgan fingerprint density at radius 1 is 1.19 bits per heavy atom. The fraction of sp³-hybridized carbons (Fsp3) is 0.316. The summed E-state index contributed by atoms with van der Waals surface area (Å²) < 4.78 is 19.1. The molecule has 0 fully saturated rings. The molecule has 0 heterocycles. The van der Waals surface area contributed by atoms with E-state index in [0.29, 0.717) is 18.1 Å². The van der Waals surface area contributed by atoms with Gasteiger partial charge in [0.05, 0.1) is 12.5 Å². The predicted octanol–water partition coefficient (Wildman–Crippen LogP) is 3.73. The van der Waals surface area contributed by atoms with E-state index in [4.69, 9.17) is 21.5 Å². The summed E-state index contributed by atoms with van der Waals surface area (Å²) in [6.07, 6.45) is 0.130. The summed E-state index contributed by atoms with van der Waals surface area (Å²) in [7, 11) is 0. The number of carbonyl (C=O) groups is 1. The molecular formula is C19H21ClFKNO3. The second kappa shape index (κ2) is 12.2. The number of rotatable bonds is 8. The number of halogens is 2. The van der Waals surface area contributed by atoms with Crippen LogP contribution in [0.1, 0.15) is 30.4 Å². The molecule has 0 aromatic heterocycles. The third-order valence-corrected chi connectivity index (χ3v) is 4.26. The Hall–Kier alpha value is -0.314. The predicted molar refractivity (Wildman–Crippen MR) is 100 cm³/mol. The minimum absolute atomic E-state index is 0. The number of hydrogen-bond acceptors (Lipinski definition) is 3. The Morgan fingerprint density at radius 2 is 1.81 bits per heavy atom. The maximum Gasteiger partial charge on any atom is 0.245 e. The van der Waals surface area contributed by atoms with Crippen molar-refractivity contribution in [1.29, 1.82) is 0 Å². The molecule has 1 amide bonds. The summed E-state index contributed by atoms with van der Waals surface area (Å²) in [6, 6.07) is 13.6. The largest absolute Gasteiger partial charge is 0.377 e. The first kappa shape index (κ1) is 23.7. The van der Waals surface area contributed by atoms with E-state index in [2.05, 4.69) is 0 Å². The van der Waals surface area contributed by atoms with E-state index in [0.717, 1.165) is 11.1 Å². The van der Waals surface area contributed by atoms with Crippen molar-refractivity contribution in [2.75, 3.05) is 6.61 Å². The molecule has 2 N–H and O–H groups in total. The van der Waals surface area contributed by atoms with Crippen LogP contribution in [0.4, 0.5) is 4.39 Å². The first-order chi connectivity index (χ1) is 12.0. The molecule has 0 bridgehead atoms. The van der Waals surface area contributed by atoms with Crippen LogP contribution in [-0.2, 0) is 16.0 Å². The van der Waals surface area contributed by atoms with Crippen LogP contribution in [0.3, 0.4) is 0 Å². The van der Waals surface area contributed by atoms with Gasteiger partial charge in [0.15, 0.2) is 0 Å². The molecule has 0 aliphatic rings. The van der Waals surface area contributed by atoms with Gasteiger partial charge < -0.3 is 4.74 Å². The third-order valence-electron chi connectivity index (χ3n) is 4.01. The van der Waals surface area contributed by atoms with Crippen LogP contribution in [0.5, 0.6) is 0 Å². The first-order valence-corrected chi connectivity index (χ1v) is 8.45. The smallest absolute Gasteiger partial charge is 0.245 e. The van der Waals surface area contributed by atoms with E-state index in [9.17, 15) is 9.18 Å². The van der Waals surface area contributed by atoms with E-state index in [1.54, 1.807) is 29.7 Å². The zero-order chi connectivity index (χ0) is 18.2. The molecule has 4 nitrogen and oxygen atoms in total. The van der Waals surface area contributed by atoms with Crippen LogP contribution >= 0.6 is 11.6 Å². The molecule has 0 unspecified atom stereocenters. The standard InChI is InChI=1S/C19H21ClFNO3.K/c1-2-25-18(12-19(23)22-24)17(14-5-9-16(21)10-6-14)11-13-3-7-15(20)8-4-13;/h3-10,17-18,24H,2,11-12H2,1H3,(H,22,23);/t17-,18-;/m1./s1. The Morgan fingerprint density at radius 3 is 2.35 bits per heavy atom. The summed E-state index contributed by atoms with van der Waals surface area (Å²) >= 11 is 5.94. The van der Waals surface area contributed by atoms with Crippen molar-refractivity contribution in [2.24, 2.45) is 0 Å². The van der Waals surface area contributed by atoms with Gasteiger partial charge >= 0.3 is 0 Å². The van der Waals surface area contributed by atoms with Crippen molar-refractivity contribution in [3.63, 3.8) is 0 Å². The molecule has 0 saturated carbocycles. The molecule has 0 aliphatic heterocycles. The summed E-state index contributed by atoms with van der Waals surface area (Å²) in [5.74, 6) is -1.03. The molecule has 0 saturated heterocycles. The van der Waals surface area contributed by atoms with Gasteiger partial charge in [0.2, 0.25) is 5.91 Å². The van der Waals surface area contributed by atoms with Gasteiger partial charge in [-0.3, -0.25) is 10.0 Å². The SMILES string of the molecule is CCO[C@H](CC(=O)NO)[C@H](Cc1ccc(Cl)cc1)c1ccc(F)cc1.[K]. The average molecular weight is 405 g/mol. The maximum absolute atomic E-state index is 13.3. The van der Waals surface area contributed by atoms with E-state index < -0.39 is 12.0 Å². The summed E-state index contributed by atoms with van der Waals surface area (Å²) in [5, 5.41) is 9.48. The monoisotopic (exact) mass is 404 g/mol. The Labute approximate surface area is 200 Å². The number of hydroxylamine groups is 1. The Balaban J connectivity index is 0.00000338. The number of benzene rings is 2. The van der Waals surface area contributed by atoms with Gasteiger partial charge in [-0.2, -0.15) is 0 Å². The molecule has 0 spiro atoms. The minimum atomic E-state index is -0.526. The minimum Gasteiger partial charge on any atom is -0.377 e. The van der Waals surface area contributed by atoms with Gasteiger partial charge in [0.25, 0.3) is 0 Å². The van der Waals surface area contributed by atoms with Crippen LogP contribution in [0.2, 0.25) is 5.02 Å². The van der Waals surface area contributed by atoms with Crippen molar-refractivity contribution in [3.8, 4) is 0 Å². The van der Waals surface area contributed by atoms with Crippen LogP contribution in [-0.4, -0.2) is 75.2 Å². The molecule has 135 valence electrons. The number of nitrogens with one attached hydrogen (secondary N) is 1. The maximum atomic E-state index is 13.3. The van der Waals surface area contributed by atoms with Gasteiger partial charge in [0, 0.05) is 68.9 Å². The molecule has 1 radical (unpaired) electrons. The van der Waals surface area contributed by atoms with Crippen molar-refractivity contribution >= 4 is 68.9 Å². The molecule has 7 heteroatoms. The van der Waals surface area contributed by atoms with E-state index >= 15 is 0 Å². The van der Waals surface area contributed by atoms with Crippen LogP contribution in [0, 0.1) is 5.82 Å². The van der Waals surface area contributed by atoms with Gasteiger partial charge in [-0.15, -0.1) is 0 Å². The van der Waals surface area contributed by atoms with Gasteiger partial charge in [-0.1, -0.05) is 35.9 Å². The number of amides is 1. The summed E-state index contributed by atoms with van der Waals surface area (Å²) in [5.41, 5.74) is 3.53. The van der Waals surface area contributed by atoms with Crippen LogP contribution < -0.4 is 5.48 Å². The first-order valence-electron chi connectivity index (χ1n) is 8.08. The number of ether oxygens (including phenoxy) is 1. The van der Waals surface area contributed by atoms with Crippen molar-refractivity contribution in [1.82, 2.24) is 5.48 Å². The normalized spacial score (nSPS) is 12.8. The third kappa shape index (κ3) is 7.36. The fourth-order valence-corrected chi connectivity index (χ4v) is 2.93. The molecule has 26 heavy (non-hydrogen) atoms. The zero-order valence-corrected chi connectivity index (χ0v) is 18.8. The van der Waals surface area contributed by atoms with Gasteiger partial charge in [-0.05, 0) is 48.7 Å². The molecule has 2 aromatic rings. The van der Waals surface area contributed by atoms with Crippen molar-refractivity contribution in [2.45, 2.75) is 31.8 Å². The number of hydrogen-bond donors (Lipinski definition) is 2. The van der Waals surface area contributed by atoms with Gasteiger partial charge in [0.1, 0.15) is 5.82 Å². The van der Waals surface area contributed by atoms with Crippen molar-refractivity contribution in [3.05, 3.63) is 70.5 Å². The second-order valence-corrected chi connectivity index (χ2v) is 6.16. The quantitative estimate of drug-likeness (QED) is 0.400. The van der Waals surface area contributed by atoms with Crippen LogP contribution in [0.15, 0.2) is 48.5 Å². The van der Waals surface area contributed by atoms with E-state index in [-0.39, 0.29) is 69.5 Å². The van der Waals surface area contributed by atoms with Crippen LogP contribution in [0.25, 0.3) is 0 Å². The summed E-state index contributed by atoms with van der Waals surface area (Å²) in [6.45, 7) is 2.26. The average Bonchev–Trinajstić information content (AvgIpc) is 2.61. The topological polar surface area (TPSA) is 58.6 Å². The van der Waals surface area contributed by atoms with Gasteiger partial charge in [-0.25, -0.2) is 9.87 Å². The molecule has 0 aliphatic carbocycles. The Kier molecular flexibility index (Phi) is 11.1. The van der Waals surface area contributed by atoms with Crippen molar-refractivity contribution < 1.29 is 19.1 Å².